The molecular weight excluding hydrogens is 368 g/mol. The molecule has 0 atom stereocenters. The number of nitrogens with zero attached hydrogens (tertiary/aromatic N) is 2. The quantitative estimate of drug-likeness (QED) is 0.484. The minimum absolute atomic E-state index is 0.133. The van der Waals surface area contributed by atoms with Crippen LogP contribution in [-0.2, 0) is 30.7 Å². The third-order valence-electron chi connectivity index (χ3n) is 4.01. The summed E-state index contributed by atoms with van der Waals surface area (Å²) in [4.78, 5) is 10.5. The molecule has 0 aliphatic heterocycles. The van der Waals surface area contributed by atoms with Crippen LogP contribution in [0.25, 0.3) is 0 Å². The Balaban J connectivity index is 1.88. The zero-order valence-corrected chi connectivity index (χ0v) is 18.7. The van der Waals surface area contributed by atoms with Crippen molar-refractivity contribution in [2.75, 3.05) is 13.1 Å². The van der Waals surface area contributed by atoms with Crippen molar-refractivity contribution in [3.05, 3.63) is 51.5 Å². The van der Waals surface area contributed by atoms with Crippen molar-refractivity contribution in [2.45, 2.75) is 66.2 Å². The Morgan fingerprint density at radius 3 is 2.64 bits per heavy atom. The molecule has 0 saturated carbocycles. The van der Waals surface area contributed by atoms with Crippen molar-refractivity contribution in [3.8, 4) is 0 Å². The fourth-order valence-corrected chi connectivity index (χ4v) is 3.41. The van der Waals surface area contributed by atoms with Crippen molar-refractivity contribution < 1.29 is 4.74 Å². The maximum absolute atomic E-state index is 5.87. The molecule has 1 heterocycles. The first-order valence-corrected chi connectivity index (χ1v) is 10.9. The van der Waals surface area contributed by atoms with Gasteiger partial charge in [-0.2, -0.15) is 0 Å². The van der Waals surface area contributed by atoms with Crippen molar-refractivity contribution in [1.82, 2.24) is 15.6 Å². The van der Waals surface area contributed by atoms with E-state index in [2.05, 4.69) is 74.5 Å². The highest BCUT2D eigenvalue weighted by Crippen LogP contribution is 2.14. The van der Waals surface area contributed by atoms with E-state index >= 15 is 0 Å². The average Bonchev–Trinajstić information content (AvgIpc) is 3.12. The molecule has 0 unspecified atom stereocenters. The van der Waals surface area contributed by atoms with E-state index in [1.807, 2.05) is 6.20 Å². The Morgan fingerprint density at radius 2 is 1.96 bits per heavy atom. The molecule has 0 amide bonds. The van der Waals surface area contributed by atoms with Gasteiger partial charge >= 0.3 is 0 Å². The fraction of sp³-hybridized carbons (Fsp3) is 0.545. The number of hydrogen-bond acceptors (Lipinski definition) is 4. The van der Waals surface area contributed by atoms with Gasteiger partial charge in [-0.1, -0.05) is 31.2 Å². The normalized spacial score (nSPS) is 12.2. The molecule has 0 aliphatic carbocycles. The monoisotopic (exact) mass is 402 g/mol. The van der Waals surface area contributed by atoms with E-state index in [1.54, 1.807) is 11.3 Å². The highest BCUT2D eigenvalue weighted by Gasteiger charge is 2.10. The predicted molar refractivity (Wildman–Crippen MR) is 119 cm³/mol. The molecule has 1 aromatic heterocycles. The van der Waals surface area contributed by atoms with Crippen LogP contribution >= 0.6 is 11.3 Å². The number of benzene rings is 1. The van der Waals surface area contributed by atoms with Gasteiger partial charge in [-0.15, -0.1) is 11.3 Å². The van der Waals surface area contributed by atoms with Crippen molar-refractivity contribution in [2.24, 2.45) is 4.99 Å². The first-order chi connectivity index (χ1) is 13.4. The summed E-state index contributed by atoms with van der Waals surface area (Å²) in [7, 11) is 0. The van der Waals surface area contributed by atoms with E-state index in [0.717, 1.165) is 31.9 Å². The van der Waals surface area contributed by atoms with Crippen molar-refractivity contribution >= 4 is 17.3 Å². The van der Waals surface area contributed by atoms with Gasteiger partial charge in [0.25, 0.3) is 0 Å². The third-order valence-corrected chi connectivity index (χ3v) is 5.21. The number of hydrogen-bond donors (Lipinski definition) is 2. The van der Waals surface area contributed by atoms with E-state index < -0.39 is 0 Å². The Hall–Kier alpha value is -1.92. The van der Waals surface area contributed by atoms with Crippen LogP contribution in [0.5, 0.6) is 0 Å². The maximum atomic E-state index is 5.87. The molecular formula is C22H34N4OS. The highest BCUT2D eigenvalue weighted by atomic mass is 32.1. The molecule has 0 saturated heterocycles. The Bertz CT molecular complexity index is 749. The van der Waals surface area contributed by atoms with Crippen molar-refractivity contribution in [1.29, 1.82) is 0 Å². The van der Waals surface area contributed by atoms with E-state index in [9.17, 15) is 0 Å². The van der Waals surface area contributed by atoms with Crippen LogP contribution in [0.3, 0.4) is 0 Å². The topological polar surface area (TPSA) is 58.5 Å². The second-order valence-electron chi connectivity index (χ2n) is 7.67. The van der Waals surface area contributed by atoms with Crippen LogP contribution in [0, 0.1) is 0 Å². The molecule has 154 valence electrons. The van der Waals surface area contributed by atoms with Crippen LogP contribution in [0.4, 0.5) is 0 Å². The number of thiazole rings is 1. The first kappa shape index (κ1) is 22.4. The molecule has 0 fully saturated rings. The number of ether oxygens (including phenoxy) is 1. The summed E-state index contributed by atoms with van der Waals surface area (Å²) in [5.41, 5.74) is 2.22. The van der Waals surface area contributed by atoms with Gasteiger partial charge in [0.05, 0.1) is 23.8 Å². The highest BCUT2D eigenvalue weighted by molar-refractivity contribution is 7.11. The molecule has 0 aliphatic rings. The molecule has 5 nitrogen and oxygen atoms in total. The largest absolute Gasteiger partial charge is 0.371 e. The third kappa shape index (κ3) is 8.40. The van der Waals surface area contributed by atoms with Crippen molar-refractivity contribution in [3.63, 3.8) is 0 Å². The Labute approximate surface area is 173 Å². The number of rotatable bonds is 9. The lowest BCUT2D eigenvalue weighted by molar-refractivity contribution is -0.0149. The number of aromatic nitrogens is 1. The summed E-state index contributed by atoms with van der Waals surface area (Å²) in [5.74, 6) is 0.839. The van der Waals surface area contributed by atoms with Gasteiger partial charge in [0.1, 0.15) is 0 Å². The van der Waals surface area contributed by atoms with Gasteiger partial charge in [-0.25, -0.2) is 9.98 Å². The maximum Gasteiger partial charge on any atom is 0.191 e. The first-order valence-electron chi connectivity index (χ1n) is 10.1. The Kier molecular flexibility index (Phi) is 8.93. The van der Waals surface area contributed by atoms with Gasteiger partial charge in [-0.05, 0) is 45.2 Å². The molecule has 1 aromatic carbocycles. The second-order valence-corrected chi connectivity index (χ2v) is 8.87. The molecule has 2 aromatic rings. The summed E-state index contributed by atoms with van der Waals surface area (Å²) in [5, 5.41) is 7.89. The molecule has 2 N–H and O–H groups in total. The number of guanidine groups is 1. The Morgan fingerprint density at radius 1 is 1.18 bits per heavy atom. The number of aliphatic imine (C=N–C) groups is 1. The molecule has 2 rings (SSSR count). The smallest absolute Gasteiger partial charge is 0.191 e. The number of nitrogens with one attached hydrogen (secondary N) is 2. The van der Waals surface area contributed by atoms with Gasteiger partial charge in [0, 0.05) is 30.6 Å². The minimum atomic E-state index is -0.133. The zero-order valence-electron chi connectivity index (χ0n) is 17.8. The van der Waals surface area contributed by atoms with Crippen LogP contribution < -0.4 is 10.6 Å². The summed E-state index contributed by atoms with van der Waals surface area (Å²) in [6, 6.07) is 8.44. The van der Waals surface area contributed by atoms with E-state index in [1.165, 1.54) is 21.0 Å². The second kappa shape index (κ2) is 11.2. The summed E-state index contributed by atoms with van der Waals surface area (Å²) >= 11 is 1.79. The SMILES string of the molecule is CCNC(=NCc1cccc(COC(C)(C)C)c1)NCCc1ncc(CC)s1. The molecule has 28 heavy (non-hydrogen) atoms. The van der Waals surface area contributed by atoms with Gasteiger partial charge in [0.2, 0.25) is 0 Å². The van der Waals surface area contributed by atoms with Gasteiger partial charge < -0.3 is 15.4 Å². The lowest BCUT2D eigenvalue weighted by Crippen LogP contribution is -2.38. The van der Waals surface area contributed by atoms with E-state index in [0.29, 0.717) is 13.2 Å². The molecule has 0 spiro atoms. The summed E-state index contributed by atoms with van der Waals surface area (Å²) < 4.78 is 5.87. The lowest BCUT2D eigenvalue weighted by atomic mass is 10.1. The number of aryl methyl sites for hydroxylation is 1. The van der Waals surface area contributed by atoms with Crippen LogP contribution in [0.2, 0.25) is 0 Å². The lowest BCUT2D eigenvalue weighted by Gasteiger charge is -2.19. The molecule has 0 radical (unpaired) electrons. The minimum Gasteiger partial charge on any atom is -0.371 e. The standard InChI is InChI=1S/C22H34N4OS/c1-6-19-15-25-20(28-19)11-12-24-21(23-7-2)26-14-17-9-8-10-18(13-17)16-27-22(3,4)5/h8-10,13,15H,6-7,11-12,14,16H2,1-5H3,(H2,23,24,26). The van der Waals surface area contributed by atoms with Crippen LogP contribution in [0.15, 0.2) is 35.5 Å². The fourth-order valence-electron chi connectivity index (χ4n) is 2.54. The average molecular weight is 403 g/mol. The van der Waals surface area contributed by atoms with Crippen LogP contribution in [0.1, 0.15) is 55.6 Å². The van der Waals surface area contributed by atoms with Gasteiger partial charge in [0.15, 0.2) is 5.96 Å². The molecule has 0 bridgehead atoms. The van der Waals surface area contributed by atoms with E-state index in [4.69, 9.17) is 9.73 Å². The summed E-state index contributed by atoms with van der Waals surface area (Å²) in [6.45, 7) is 13.4. The van der Waals surface area contributed by atoms with E-state index in [-0.39, 0.29) is 5.60 Å². The predicted octanol–water partition coefficient (Wildman–Crippen LogP) is 4.32. The van der Waals surface area contributed by atoms with Crippen LogP contribution in [-0.4, -0.2) is 29.6 Å². The zero-order chi connectivity index (χ0) is 20.4. The van der Waals surface area contributed by atoms with Gasteiger partial charge in [-0.3, -0.25) is 0 Å². The molecule has 6 heteroatoms. The summed E-state index contributed by atoms with van der Waals surface area (Å²) in [6.07, 6.45) is 3.94.